The first-order chi connectivity index (χ1) is 13.3. The van der Waals surface area contributed by atoms with Crippen LogP contribution in [0.15, 0.2) is 39.7 Å². The fourth-order valence-electron chi connectivity index (χ4n) is 2.52. The third-order valence-electron chi connectivity index (χ3n) is 3.76. The van der Waals surface area contributed by atoms with E-state index >= 15 is 0 Å². The van der Waals surface area contributed by atoms with Crippen LogP contribution >= 0.6 is 34.4 Å². The molecular formula is C17H11F3N4OS3. The molecule has 0 aromatic carbocycles. The molecule has 0 spiro atoms. The fourth-order valence-corrected chi connectivity index (χ4v) is 5.15. The first kappa shape index (κ1) is 19.1. The lowest BCUT2D eigenvalue weighted by Gasteiger charge is -2.06. The Morgan fingerprint density at radius 1 is 1.21 bits per heavy atom. The molecule has 144 valence electrons. The Morgan fingerprint density at radius 3 is 2.75 bits per heavy atom. The van der Waals surface area contributed by atoms with Crippen LogP contribution in [-0.4, -0.2) is 19.9 Å². The molecule has 11 heteroatoms. The summed E-state index contributed by atoms with van der Waals surface area (Å²) < 4.78 is 38.2. The zero-order valence-corrected chi connectivity index (χ0v) is 16.7. The summed E-state index contributed by atoms with van der Waals surface area (Å²) in [5.74, 6) is 0.511. The monoisotopic (exact) mass is 440 g/mol. The van der Waals surface area contributed by atoms with E-state index in [2.05, 4.69) is 19.9 Å². The van der Waals surface area contributed by atoms with E-state index in [-0.39, 0.29) is 16.5 Å². The summed E-state index contributed by atoms with van der Waals surface area (Å²) in [6.45, 7) is 2.00. The number of fused-ring (bicyclic) bond motifs is 1. The van der Waals surface area contributed by atoms with E-state index in [9.17, 15) is 18.0 Å². The second-order valence-corrected chi connectivity index (χ2v) is 8.85. The molecule has 0 aliphatic carbocycles. The first-order valence-electron chi connectivity index (χ1n) is 7.91. The second-order valence-electron chi connectivity index (χ2n) is 5.76. The normalized spacial score (nSPS) is 12.0. The Labute approximate surface area is 168 Å². The lowest BCUT2D eigenvalue weighted by Crippen LogP contribution is -2.11. The highest BCUT2D eigenvalue weighted by molar-refractivity contribution is 7.98. The van der Waals surface area contributed by atoms with Gasteiger partial charge in [-0.1, -0.05) is 11.8 Å². The van der Waals surface area contributed by atoms with Crippen molar-refractivity contribution in [3.8, 4) is 10.4 Å². The molecule has 0 fully saturated rings. The molecule has 1 N–H and O–H groups in total. The van der Waals surface area contributed by atoms with Gasteiger partial charge in [-0.25, -0.2) is 15.0 Å². The summed E-state index contributed by atoms with van der Waals surface area (Å²) in [5, 5.41) is 2.39. The van der Waals surface area contributed by atoms with Gasteiger partial charge in [-0.2, -0.15) is 13.2 Å². The standard InChI is InChI=1S/C17H11F3N4OS3/c1-8-2-3-10(28-8)9-6-26-15-13(9)14(25)23-12(24-15)7-27-16-21-5-4-11(22-16)17(18,19)20/h2-6H,7H2,1H3,(H,23,24,25). The number of alkyl halides is 3. The number of hydrogen-bond acceptors (Lipinski definition) is 7. The zero-order valence-electron chi connectivity index (χ0n) is 14.2. The molecule has 0 saturated heterocycles. The number of hydrogen-bond donors (Lipinski definition) is 1. The average molecular weight is 440 g/mol. The van der Waals surface area contributed by atoms with Crippen LogP contribution in [-0.2, 0) is 11.9 Å². The van der Waals surface area contributed by atoms with E-state index in [0.717, 1.165) is 39.3 Å². The molecule has 28 heavy (non-hydrogen) atoms. The van der Waals surface area contributed by atoms with Gasteiger partial charge in [0.25, 0.3) is 5.56 Å². The zero-order chi connectivity index (χ0) is 19.9. The van der Waals surface area contributed by atoms with E-state index in [1.54, 1.807) is 11.3 Å². The summed E-state index contributed by atoms with van der Waals surface area (Å²) in [5.41, 5.74) is -0.434. The highest BCUT2D eigenvalue weighted by Crippen LogP contribution is 2.35. The summed E-state index contributed by atoms with van der Waals surface area (Å²) in [6, 6.07) is 4.77. The van der Waals surface area contributed by atoms with Crippen LogP contribution in [0.1, 0.15) is 16.4 Å². The number of nitrogens with zero attached hydrogens (tertiary/aromatic N) is 3. The lowest BCUT2D eigenvalue weighted by atomic mass is 10.2. The Morgan fingerprint density at radius 2 is 2.04 bits per heavy atom. The summed E-state index contributed by atoms with van der Waals surface area (Å²) >= 11 is 3.94. The number of H-pyrrole nitrogens is 1. The number of nitrogens with one attached hydrogen (secondary N) is 1. The van der Waals surface area contributed by atoms with Gasteiger partial charge in [0.2, 0.25) is 0 Å². The quantitative estimate of drug-likeness (QED) is 0.352. The van der Waals surface area contributed by atoms with E-state index in [1.165, 1.54) is 11.3 Å². The largest absolute Gasteiger partial charge is 0.433 e. The van der Waals surface area contributed by atoms with Gasteiger partial charge in [0.1, 0.15) is 16.3 Å². The van der Waals surface area contributed by atoms with E-state index in [0.29, 0.717) is 16.0 Å². The summed E-state index contributed by atoms with van der Waals surface area (Å²) in [6.07, 6.45) is -3.47. The Balaban J connectivity index is 1.60. The number of rotatable bonds is 4. The highest BCUT2D eigenvalue weighted by Gasteiger charge is 2.32. The highest BCUT2D eigenvalue weighted by atomic mass is 32.2. The van der Waals surface area contributed by atoms with Crippen LogP contribution in [0.4, 0.5) is 13.2 Å². The molecule has 0 bridgehead atoms. The van der Waals surface area contributed by atoms with Crippen LogP contribution in [0.25, 0.3) is 20.7 Å². The Bertz CT molecular complexity index is 1210. The van der Waals surface area contributed by atoms with Gasteiger partial charge in [0.05, 0.1) is 11.1 Å². The van der Waals surface area contributed by atoms with Crippen molar-refractivity contribution in [1.29, 1.82) is 0 Å². The average Bonchev–Trinajstić information content (AvgIpc) is 3.26. The van der Waals surface area contributed by atoms with Crippen LogP contribution in [0.2, 0.25) is 0 Å². The number of aryl methyl sites for hydroxylation is 1. The molecule has 4 aromatic heterocycles. The molecule has 0 aliphatic heterocycles. The predicted octanol–water partition coefficient (Wildman–Crippen LogP) is 5.12. The van der Waals surface area contributed by atoms with Crippen molar-refractivity contribution in [2.75, 3.05) is 0 Å². The molecule has 4 heterocycles. The van der Waals surface area contributed by atoms with Crippen molar-refractivity contribution in [2.24, 2.45) is 0 Å². The maximum atomic E-state index is 12.7. The number of thiophene rings is 2. The maximum absolute atomic E-state index is 12.7. The Hall–Kier alpha value is -2.24. The van der Waals surface area contributed by atoms with E-state index in [1.807, 2.05) is 24.4 Å². The van der Waals surface area contributed by atoms with Gasteiger partial charge in [-0.3, -0.25) is 4.79 Å². The van der Waals surface area contributed by atoms with Gasteiger partial charge in [-0.15, -0.1) is 22.7 Å². The van der Waals surface area contributed by atoms with Crippen molar-refractivity contribution in [3.05, 3.63) is 56.5 Å². The van der Waals surface area contributed by atoms with Gasteiger partial charge in [0, 0.05) is 26.9 Å². The Kier molecular flexibility index (Phi) is 4.98. The van der Waals surface area contributed by atoms with Gasteiger partial charge in [0.15, 0.2) is 5.16 Å². The minimum atomic E-state index is -4.53. The first-order valence-corrected chi connectivity index (χ1v) is 10.6. The summed E-state index contributed by atoms with van der Waals surface area (Å²) in [4.78, 5) is 29.8. The third-order valence-corrected chi connectivity index (χ3v) is 6.54. The fraction of sp³-hybridized carbons (Fsp3) is 0.176. The molecule has 5 nitrogen and oxygen atoms in total. The summed E-state index contributed by atoms with van der Waals surface area (Å²) in [7, 11) is 0. The van der Waals surface area contributed by atoms with Crippen LogP contribution in [0, 0.1) is 6.92 Å². The maximum Gasteiger partial charge on any atom is 0.433 e. The van der Waals surface area contributed by atoms with Crippen molar-refractivity contribution >= 4 is 44.7 Å². The topological polar surface area (TPSA) is 71.5 Å². The minimum Gasteiger partial charge on any atom is -0.309 e. The van der Waals surface area contributed by atoms with Crippen molar-refractivity contribution in [2.45, 2.75) is 24.0 Å². The molecule has 4 aromatic rings. The second kappa shape index (κ2) is 7.30. The number of aromatic amines is 1. The lowest BCUT2D eigenvalue weighted by molar-refractivity contribution is -0.141. The van der Waals surface area contributed by atoms with Crippen LogP contribution < -0.4 is 5.56 Å². The molecule has 0 atom stereocenters. The van der Waals surface area contributed by atoms with Crippen LogP contribution in [0.5, 0.6) is 0 Å². The third kappa shape index (κ3) is 3.82. The van der Waals surface area contributed by atoms with Crippen molar-refractivity contribution < 1.29 is 13.2 Å². The number of halogens is 3. The number of thioether (sulfide) groups is 1. The van der Waals surface area contributed by atoms with Crippen LogP contribution in [0.3, 0.4) is 0 Å². The molecule has 0 radical (unpaired) electrons. The smallest absolute Gasteiger partial charge is 0.309 e. The van der Waals surface area contributed by atoms with Gasteiger partial charge in [-0.05, 0) is 25.1 Å². The minimum absolute atomic E-state index is 0.0292. The molecule has 0 saturated carbocycles. The number of aromatic nitrogens is 4. The van der Waals surface area contributed by atoms with E-state index in [4.69, 9.17) is 0 Å². The SMILES string of the molecule is Cc1ccc(-c2csc3nc(CSc4nccc(C(F)(F)F)n4)[nH]c(=O)c23)s1. The predicted molar refractivity (Wildman–Crippen MR) is 105 cm³/mol. The van der Waals surface area contributed by atoms with Crippen molar-refractivity contribution in [1.82, 2.24) is 19.9 Å². The molecule has 0 aliphatic rings. The molecular weight excluding hydrogens is 429 g/mol. The molecule has 0 unspecified atom stereocenters. The van der Waals surface area contributed by atoms with E-state index < -0.39 is 11.9 Å². The van der Waals surface area contributed by atoms with Gasteiger partial charge < -0.3 is 4.98 Å². The molecule has 4 rings (SSSR count). The van der Waals surface area contributed by atoms with Gasteiger partial charge >= 0.3 is 6.18 Å². The van der Waals surface area contributed by atoms with Crippen molar-refractivity contribution in [3.63, 3.8) is 0 Å². The molecule has 0 amide bonds.